The normalized spacial score (nSPS) is 14.3. The first kappa shape index (κ1) is 29.2. The van der Waals surface area contributed by atoms with Gasteiger partial charge in [0.15, 0.2) is 0 Å². The van der Waals surface area contributed by atoms with Crippen LogP contribution in [0.1, 0.15) is 39.5 Å². The minimum Gasteiger partial charge on any atom is -0.481 e. The maximum Gasteiger partial charge on any atom is 0.326 e. The van der Waals surface area contributed by atoms with Crippen molar-refractivity contribution in [3.63, 3.8) is 0 Å². The summed E-state index contributed by atoms with van der Waals surface area (Å²) in [6.07, 6.45) is -2.29. The maximum atomic E-state index is 12.7. The Morgan fingerprint density at radius 2 is 1.30 bits per heavy atom. The molecule has 4 atom stereocenters. The molecule has 0 aromatic carbocycles. The van der Waals surface area contributed by atoms with Crippen LogP contribution in [0.3, 0.4) is 0 Å². The molecule has 10 N–H and O–H groups in total. The fourth-order valence-electron chi connectivity index (χ4n) is 2.52. The average molecular weight is 475 g/mol. The minimum absolute atomic E-state index is 0.200. The number of hydrogen-bond donors (Lipinski definition) is 8. The Hall–Kier alpha value is -3.75. The van der Waals surface area contributed by atoms with Gasteiger partial charge in [-0.2, -0.15) is 0 Å². The third-order valence-electron chi connectivity index (χ3n) is 4.28. The molecule has 0 aromatic heterocycles. The van der Waals surface area contributed by atoms with Crippen molar-refractivity contribution in [3.05, 3.63) is 0 Å². The fraction of sp³-hybridized carbons (Fsp3) is 0.611. The molecule has 186 valence electrons. The number of amides is 4. The summed E-state index contributed by atoms with van der Waals surface area (Å²) in [5, 5.41) is 33.2. The number of carbonyl (C=O) groups excluding carboxylic acids is 4. The second kappa shape index (κ2) is 13.6. The predicted octanol–water partition coefficient (Wildman–Crippen LogP) is -3.28. The van der Waals surface area contributed by atoms with Crippen LogP contribution in [0.25, 0.3) is 0 Å². The third kappa shape index (κ3) is 11.4. The van der Waals surface area contributed by atoms with Gasteiger partial charge in [-0.25, -0.2) is 4.79 Å². The van der Waals surface area contributed by atoms with E-state index in [1.165, 1.54) is 13.8 Å². The van der Waals surface area contributed by atoms with E-state index in [-0.39, 0.29) is 12.8 Å². The standard InChI is InChI=1S/C18H29N5O10/c1-7(2)14(23-15(29)8(19)3-4-12(25)26)17(31)21-9(6-13(27)28)16(30)22-10(18(32)33)5-11(20)24/h7-10,14H,3-6,19H2,1-2H3,(H2,20,24)(H,21,31)(H,22,30)(H,23,29)(H,25,26)(H,27,28)(H,32,33). The van der Waals surface area contributed by atoms with Gasteiger partial charge in [-0.3, -0.25) is 28.8 Å². The summed E-state index contributed by atoms with van der Waals surface area (Å²) >= 11 is 0. The van der Waals surface area contributed by atoms with Crippen molar-refractivity contribution < 1.29 is 48.9 Å². The van der Waals surface area contributed by atoms with Crippen molar-refractivity contribution in [2.24, 2.45) is 17.4 Å². The number of primary amides is 1. The van der Waals surface area contributed by atoms with Crippen LogP contribution >= 0.6 is 0 Å². The van der Waals surface area contributed by atoms with Crippen LogP contribution in [0.5, 0.6) is 0 Å². The quantitative estimate of drug-likeness (QED) is 0.116. The maximum absolute atomic E-state index is 12.7. The second-order valence-electron chi connectivity index (χ2n) is 7.50. The van der Waals surface area contributed by atoms with Gasteiger partial charge in [-0.15, -0.1) is 0 Å². The molecule has 4 amide bonds. The van der Waals surface area contributed by atoms with Gasteiger partial charge in [0.1, 0.15) is 18.1 Å². The summed E-state index contributed by atoms with van der Waals surface area (Å²) < 4.78 is 0. The molecule has 15 heteroatoms. The van der Waals surface area contributed by atoms with Crippen molar-refractivity contribution in [2.45, 2.75) is 63.7 Å². The lowest BCUT2D eigenvalue weighted by molar-refractivity contribution is -0.145. The summed E-state index contributed by atoms with van der Waals surface area (Å²) in [5.74, 6) is -8.88. The second-order valence-corrected chi connectivity index (χ2v) is 7.50. The van der Waals surface area contributed by atoms with Crippen molar-refractivity contribution >= 4 is 41.5 Å². The van der Waals surface area contributed by atoms with E-state index in [2.05, 4.69) is 10.6 Å². The number of carbonyl (C=O) groups is 7. The van der Waals surface area contributed by atoms with Gasteiger partial charge in [-0.05, 0) is 12.3 Å². The lowest BCUT2D eigenvalue weighted by Gasteiger charge is -2.26. The Bertz CT molecular complexity index is 785. The zero-order valence-corrected chi connectivity index (χ0v) is 18.1. The van der Waals surface area contributed by atoms with E-state index in [0.29, 0.717) is 0 Å². The highest BCUT2D eigenvalue weighted by Gasteiger charge is 2.33. The molecule has 0 radical (unpaired) electrons. The lowest BCUT2D eigenvalue weighted by atomic mass is 10.0. The molecule has 0 aliphatic heterocycles. The van der Waals surface area contributed by atoms with Gasteiger partial charge < -0.3 is 42.7 Å². The van der Waals surface area contributed by atoms with E-state index in [4.69, 9.17) is 26.8 Å². The Labute approximate surface area is 188 Å². The molecular weight excluding hydrogens is 446 g/mol. The first-order chi connectivity index (χ1) is 15.1. The minimum atomic E-state index is -1.75. The molecular formula is C18H29N5O10. The van der Waals surface area contributed by atoms with Gasteiger partial charge in [0.05, 0.1) is 18.9 Å². The van der Waals surface area contributed by atoms with Crippen molar-refractivity contribution in [3.8, 4) is 0 Å². The van der Waals surface area contributed by atoms with Crippen LogP contribution in [-0.4, -0.2) is 81.0 Å². The van der Waals surface area contributed by atoms with Gasteiger partial charge in [0.25, 0.3) is 0 Å². The number of nitrogens with two attached hydrogens (primary N) is 2. The number of hydrogen-bond acceptors (Lipinski definition) is 8. The molecule has 0 aromatic rings. The number of carboxylic acids is 3. The average Bonchev–Trinajstić information content (AvgIpc) is 2.67. The summed E-state index contributed by atoms with van der Waals surface area (Å²) in [4.78, 5) is 81.2. The van der Waals surface area contributed by atoms with Crippen molar-refractivity contribution in [2.75, 3.05) is 0 Å². The molecule has 0 fully saturated rings. The van der Waals surface area contributed by atoms with Crippen LogP contribution < -0.4 is 27.4 Å². The van der Waals surface area contributed by atoms with Crippen LogP contribution in [0.15, 0.2) is 0 Å². The first-order valence-corrected chi connectivity index (χ1v) is 9.77. The number of carboxylic acid groups (broad SMARTS) is 3. The molecule has 4 unspecified atom stereocenters. The molecule has 33 heavy (non-hydrogen) atoms. The molecule has 0 heterocycles. The Kier molecular flexibility index (Phi) is 12.1. The smallest absolute Gasteiger partial charge is 0.326 e. The Balaban J connectivity index is 5.44. The molecule has 0 aliphatic rings. The Morgan fingerprint density at radius 1 is 0.758 bits per heavy atom. The number of rotatable bonds is 15. The zero-order valence-electron chi connectivity index (χ0n) is 18.1. The van der Waals surface area contributed by atoms with Crippen molar-refractivity contribution in [1.82, 2.24) is 16.0 Å². The van der Waals surface area contributed by atoms with Gasteiger partial charge in [0.2, 0.25) is 23.6 Å². The van der Waals surface area contributed by atoms with E-state index in [1.54, 1.807) is 0 Å². The van der Waals surface area contributed by atoms with Crippen LogP contribution in [-0.2, 0) is 33.6 Å². The monoisotopic (exact) mass is 475 g/mol. The van der Waals surface area contributed by atoms with Gasteiger partial charge in [-0.1, -0.05) is 13.8 Å². The molecule has 0 saturated carbocycles. The topological polar surface area (TPSA) is 268 Å². The molecule has 0 aliphatic carbocycles. The van der Waals surface area contributed by atoms with Crippen molar-refractivity contribution in [1.29, 1.82) is 0 Å². The van der Waals surface area contributed by atoms with Gasteiger partial charge >= 0.3 is 17.9 Å². The first-order valence-electron chi connectivity index (χ1n) is 9.77. The third-order valence-corrected chi connectivity index (χ3v) is 4.28. The Morgan fingerprint density at radius 3 is 1.73 bits per heavy atom. The fourth-order valence-corrected chi connectivity index (χ4v) is 2.52. The highest BCUT2D eigenvalue weighted by molar-refractivity contribution is 5.96. The number of nitrogens with one attached hydrogen (secondary N) is 3. The largest absolute Gasteiger partial charge is 0.481 e. The summed E-state index contributed by atoms with van der Waals surface area (Å²) in [6, 6.07) is -6.02. The summed E-state index contributed by atoms with van der Waals surface area (Å²) in [6.45, 7) is 3.07. The van der Waals surface area contributed by atoms with Crippen LogP contribution in [0.2, 0.25) is 0 Å². The SMILES string of the molecule is CC(C)C(NC(=O)C(N)CCC(=O)O)C(=O)NC(CC(=O)O)C(=O)NC(CC(N)=O)C(=O)O. The molecule has 0 rings (SSSR count). The van der Waals surface area contributed by atoms with E-state index in [1.807, 2.05) is 5.32 Å². The molecule has 0 saturated heterocycles. The molecule has 0 spiro atoms. The zero-order chi connectivity index (χ0) is 25.9. The highest BCUT2D eigenvalue weighted by Crippen LogP contribution is 2.06. The number of aliphatic carboxylic acids is 3. The van der Waals surface area contributed by atoms with E-state index >= 15 is 0 Å². The van der Waals surface area contributed by atoms with Gasteiger partial charge in [0, 0.05) is 6.42 Å². The molecule has 15 nitrogen and oxygen atoms in total. The predicted molar refractivity (Wildman–Crippen MR) is 109 cm³/mol. The van der Waals surface area contributed by atoms with E-state index in [0.717, 1.165) is 0 Å². The van der Waals surface area contributed by atoms with Crippen LogP contribution in [0.4, 0.5) is 0 Å². The van der Waals surface area contributed by atoms with E-state index < -0.39 is 84.5 Å². The highest BCUT2D eigenvalue weighted by atomic mass is 16.4. The lowest BCUT2D eigenvalue weighted by Crippen LogP contribution is -2.59. The summed E-state index contributed by atoms with van der Waals surface area (Å²) in [5.41, 5.74) is 10.5. The van der Waals surface area contributed by atoms with E-state index in [9.17, 15) is 33.6 Å². The molecule has 0 bridgehead atoms. The summed E-state index contributed by atoms with van der Waals surface area (Å²) in [7, 11) is 0. The van der Waals surface area contributed by atoms with Crippen LogP contribution in [0, 0.1) is 5.92 Å².